The third-order valence-corrected chi connectivity index (χ3v) is 5.81. The molecule has 22 heavy (non-hydrogen) atoms. The van der Waals surface area contributed by atoms with Crippen LogP contribution in [0.25, 0.3) is 0 Å². The molecule has 1 N–H and O–H groups in total. The first kappa shape index (κ1) is 16.7. The van der Waals surface area contributed by atoms with Gasteiger partial charge in [-0.2, -0.15) is 5.10 Å². The van der Waals surface area contributed by atoms with Gasteiger partial charge in [0.15, 0.2) is 0 Å². The minimum Gasteiger partial charge on any atom is -0.275 e. The lowest BCUT2D eigenvalue weighted by Gasteiger charge is -2.16. The summed E-state index contributed by atoms with van der Waals surface area (Å²) in [6.45, 7) is 9.69. The lowest BCUT2D eigenvalue weighted by molar-refractivity contribution is 0.579. The summed E-state index contributed by atoms with van der Waals surface area (Å²) in [5, 5.41) is 4.23. The van der Waals surface area contributed by atoms with Crippen LogP contribution in [0.2, 0.25) is 0 Å². The van der Waals surface area contributed by atoms with Crippen LogP contribution in [0.1, 0.15) is 33.5 Å². The van der Waals surface area contributed by atoms with E-state index in [0.717, 1.165) is 33.5 Å². The number of rotatable bonds is 4. The minimum atomic E-state index is -3.56. The van der Waals surface area contributed by atoms with Gasteiger partial charge in [0, 0.05) is 25.4 Å². The fourth-order valence-electron chi connectivity index (χ4n) is 2.65. The highest BCUT2D eigenvalue weighted by Crippen LogP contribution is 2.26. The smallest absolute Gasteiger partial charge is 0.241 e. The van der Waals surface area contributed by atoms with E-state index in [-0.39, 0.29) is 6.54 Å². The number of aryl methyl sites for hydroxylation is 4. The largest absolute Gasteiger partial charge is 0.275 e. The average molecular weight is 321 g/mol. The summed E-state index contributed by atoms with van der Waals surface area (Å²) in [5.74, 6) is 0. The fourth-order valence-corrected chi connectivity index (χ4v) is 4.27. The summed E-state index contributed by atoms with van der Waals surface area (Å²) in [6.07, 6.45) is 1.83. The molecule has 2 rings (SSSR count). The van der Waals surface area contributed by atoms with Gasteiger partial charge < -0.3 is 0 Å². The Morgan fingerprint density at radius 1 is 1.09 bits per heavy atom. The molecular weight excluding hydrogens is 298 g/mol. The van der Waals surface area contributed by atoms with Gasteiger partial charge in [-0.15, -0.1) is 0 Å². The van der Waals surface area contributed by atoms with Gasteiger partial charge in [0.05, 0.1) is 10.6 Å². The van der Waals surface area contributed by atoms with Gasteiger partial charge >= 0.3 is 0 Å². The molecule has 0 unspecified atom stereocenters. The summed E-state index contributed by atoms with van der Waals surface area (Å²) in [6, 6.07) is 2.02. The molecule has 0 aliphatic heterocycles. The number of sulfonamides is 1. The Morgan fingerprint density at radius 3 is 2.09 bits per heavy atom. The summed E-state index contributed by atoms with van der Waals surface area (Å²) >= 11 is 0. The maximum atomic E-state index is 12.7. The van der Waals surface area contributed by atoms with Crippen LogP contribution in [0.5, 0.6) is 0 Å². The molecular formula is C16H23N3O2S. The van der Waals surface area contributed by atoms with Gasteiger partial charge in [-0.25, -0.2) is 13.1 Å². The Bertz CT molecular complexity index is 794. The summed E-state index contributed by atoms with van der Waals surface area (Å²) < 4.78 is 29.9. The second kappa shape index (κ2) is 5.85. The average Bonchev–Trinajstić information content (AvgIpc) is 2.73. The number of nitrogens with zero attached hydrogens (tertiary/aromatic N) is 2. The monoisotopic (exact) mass is 321 g/mol. The van der Waals surface area contributed by atoms with Crippen LogP contribution in [-0.4, -0.2) is 18.2 Å². The molecule has 0 aliphatic rings. The van der Waals surface area contributed by atoms with E-state index in [1.54, 1.807) is 4.68 Å². The summed E-state index contributed by atoms with van der Waals surface area (Å²) in [7, 11) is -1.74. The standard InChI is InChI=1S/C16H23N3O2S/c1-10-7-11(2)13(4)16(12(10)3)22(20,21)17-8-15-9-19(6)18-14(15)5/h7,9,17H,8H2,1-6H3. The minimum absolute atomic E-state index is 0.244. The first-order chi connectivity index (χ1) is 10.1. The van der Waals surface area contributed by atoms with E-state index >= 15 is 0 Å². The van der Waals surface area contributed by atoms with Crippen LogP contribution in [0.4, 0.5) is 0 Å². The highest BCUT2D eigenvalue weighted by molar-refractivity contribution is 7.89. The van der Waals surface area contributed by atoms with Crippen molar-refractivity contribution in [3.63, 3.8) is 0 Å². The van der Waals surface area contributed by atoms with Crippen LogP contribution >= 0.6 is 0 Å². The van der Waals surface area contributed by atoms with E-state index in [2.05, 4.69) is 9.82 Å². The normalized spacial score (nSPS) is 11.9. The molecule has 0 atom stereocenters. The van der Waals surface area contributed by atoms with Gasteiger partial charge in [-0.3, -0.25) is 4.68 Å². The van der Waals surface area contributed by atoms with E-state index in [9.17, 15) is 8.42 Å². The quantitative estimate of drug-likeness (QED) is 0.941. The number of hydrogen-bond donors (Lipinski definition) is 1. The van der Waals surface area contributed by atoms with Crippen molar-refractivity contribution in [3.8, 4) is 0 Å². The highest BCUT2D eigenvalue weighted by atomic mass is 32.2. The molecule has 0 aliphatic carbocycles. The molecule has 1 heterocycles. The van der Waals surface area contributed by atoms with Crippen molar-refractivity contribution in [1.82, 2.24) is 14.5 Å². The van der Waals surface area contributed by atoms with Gasteiger partial charge in [-0.05, 0) is 56.9 Å². The zero-order valence-corrected chi connectivity index (χ0v) is 14.8. The van der Waals surface area contributed by atoms with Gasteiger partial charge in [0.25, 0.3) is 0 Å². The van der Waals surface area contributed by atoms with Gasteiger partial charge in [0.1, 0.15) is 0 Å². The molecule has 0 spiro atoms. The zero-order valence-electron chi connectivity index (χ0n) is 14.0. The first-order valence-corrected chi connectivity index (χ1v) is 8.68. The molecule has 0 fully saturated rings. The molecule has 5 nitrogen and oxygen atoms in total. The van der Waals surface area contributed by atoms with Crippen LogP contribution < -0.4 is 4.72 Å². The summed E-state index contributed by atoms with van der Waals surface area (Å²) in [4.78, 5) is 0.395. The van der Waals surface area contributed by atoms with E-state index in [4.69, 9.17) is 0 Å². The van der Waals surface area contributed by atoms with Crippen LogP contribution in [0.15, 0.2) is 17.2 Å². The Kier molecular flexibility index (Phi) is 4.44. The predicted octanol–water partition coefficient (Wildman–Crippen LogP) is 2.44. The SMILES string of the molecule is Cc1cc(C)c(C)c(S(=O)(=O)NCc2cn(C)nc2C)c1C. The third kappa shape index (κ3) is 3.08. The maximum Gasteiger partial charge on any atom is 0.241 e. The van der Waals surface area contributed by atoms with E-state index < -0.39 is 10.0 Å². The Morgan fingerprint density at radius 2 is 1.64 bits per heavy atom. The van der Waals surface area contributed by atoms with E-state index in [1.807, 2.05) is 53.9 Å². The molecule has 0 bridgehead atoms. The number of aromatic nitrogens is 2. The van der Waals surface area contributed by atoms with Crippen LogP contribution in [-0.2, 0) is 23.6 Å². The topological polar surface area (TPSA) is 64.0 Å². The molecule has 0 saturated heterocycles. The predicted molar refractivity (Wildman–Crippen MR) is 87.4 cm³/mol. The fraction of sp³-hybridized carbons (Fsp3) is 0.438. The van der Waals surface area contributed by atoms with Crippen molar-refractivity contribution in [1.29, 1.82) is 0 Å². The van der Waals surface area contributed by atoms with Crippen molar-refractivity contribution in [3.05, 3.63) is 45.8 Å². The number of nitrogens with one attached hydrogen (secondary N) is 1. The second-order valence-electron chi connectivity index (χ2n) is 5.83. The van der Waals surface area contributed by atoms with Crippen molar-refractivity contribution >= 4 is 10.0 Å². The molecule has 6 heteroatoms. The van der Waals surface area contributed by atoms with Crippen molar-refractivity contribution in [2.75, 3.05) is 0 Å². The molecule has 2 aromatic rings. The van der Waals surface area contributed by atoms with E-state index in [1.165, 1.54) is 0 Å². The molecule has 1 aromatic heterocycles. The van der Waals surface area contributed by atoms with Crippen molar-refractivity contribution in [2.24, 2.45) is 7.05 Å². The molecule has 0 saturated carbocycles. The third-order valence-electron chi connectivity index (χ3n) is 4.13. The van der Waals surface area contributed by atoms with Crippen molar-refractivity contribution in [2.45, 2.75) is 46.1 Å². The summed E-state index contributed by atoms with van der Waals surface area (Å²) in [5.41, 5.74) is 5.30. The lowest BCUT2D eigenvalue weighted by atomic mass is 10.0. The van der Waals surface area contributed by atoms with Crippen molar-refractivity contribution < 1.29 is 8.42 Å². The Labute approximate surface area is 132 Å². The molecule has 0 amide bonds. The van der Waals surface area contributed by atoms with E-state index in [0.29, 0.717) is 4.90 Å². The second-order valence-corrected chi connectivity index (χ2v) is 7.53. The van der Waals surface area contributed by atoms with Gasteiger partial charge in [0.2, 0.25) is 10.0 Å². The number of benzene rings is 1. The first-order valence-electron chi connectivity index (χ1n) is 7.19. The highest BCUT2D eigenvalue weighted by Gasteiger charge is 2.22. The number of hydrogen-bond acceptors (Lipinski definition) is 3. The molecule has 120 valence electrons. The Balaban J connectivity index is 2.38. The maximum absolute atomic E-state index is 12.7. The zero-order chi connectivity index (χ0) is 16.7. The molecule has 0 radical (unpaired) electrons. The lowest BCUT2D eigenvalue weighted by Crippen LogP contribution is -2.25. The van der Waals surface area contributed by atoms with Crippen LogP contribution in [0, 0.1) is 34.6 Å². The Hall–Kier alpha value is -1.66. The van der Waals surface area contributed by atoms with Crippen LogP contribution in [0.3, 0.4) is 0 Å². The molecule has 1 aromatic carbocycles. The van der Waals surface area contributed by atoms with Gasteiger partial charge in [-0.1, -0.05) is 6.07 Å².